The molecule has 2 fully saturated rings. The minimum Gasteiger partial charge on any atom is -0.355 e. The van der Waals surface area contributed by atoms with Gasteiger partial charge in [-0.05, 0) is 43.8 Å². The molecule has 2 aliphatic heterocycles. The number of piperazine rings is 1. The number of hydrogen-bond donors (Lipinski definition) is 2. The summed E-state index contributed by atoms with van der Waals surface area (Å²) in [6.45, 7) is 9.43. The predicted octanol–water partition coefficient (Wildman–Crippen LogP) is 1.70. The SMILES string of the molecule is O=C(CCC1CCNCC1)NCCN1CCN(Cc2ccccc2)CC1. The quantitative estimate of drug-likeness (QED) is 0.743. The van der Waals surface area contributed by atoms with Crippen molar-refractivity contribution in [1.82, 2.24) is 20.4 Å². The summed E-state index contributed by atoms with van der Waals surface area (Å²) in [4.78, 5) is 17.0. The standard InChI is InChI=1S/C21H34N4O/c26-21(7-6-19-8-10-22-11-9-19)23-12-13-24-14-16-25(17-15-24)18-20-4-2-1-3-5-20/h1-5,19,22H,6-18H2,(H,23,26). The first kappa shape index (κ1) is 19.3. The van der Waals surface area contributed by atoms with E-state index in [9.17, 15) is 4.79 Å². The highest BCUT2D eigenvalue weighted by Crippen LogP contribution is 2.17. The molecule has 0 radical (unpaired) electrons. The molecule has 5 nitrogen and oxygen atoms in total. The van der Waals surface area contributed by atoms with Crippen LogP contribution in [0.3, 0.4) is 0 Å². The van der Waals surface area contributed by atoms with Crippen molar-refractivity contribution in [2.24, 2.45) is 5.92 Å². The Kier molecular flexibility index (Phi) is 7.92. The summed E-state index contributed by atoms with van der Waals surface area (Å²) in [5.41, 5.74) is 1.39. The van der Waals surface area contributed by atoms with Crippen molar-refractivity contribution in [2.75, 3.05) is 52.4 Å². The summed E-state index contributed by atoms with van der Waals surface area (Å²) in [6.07, 6.45) is 4.18. The number of rotatable bonds is 8. The Bertz CT molecular complexity index is 522. The highest BCUT2D eigenvalue weighted by molar-refractivity contribution is 5.75. The maximum atomic E-state index is 12.0. The Morgan fingerprint density at radius 2 is 1.73 bits per heavy atom. The molecule has 26 heavy (non-hydrogen) atoms. The van der Waals surface area contributed by atoms with Crippen LogP contribution in [-0.4, -0.2) is 68.1 Å². The second-order valence-corrected chi connectivity index (χ2v) is 7.69. The Morgan fingerprint density at radius 3 is 2.46 bits per heavy atom. The Morgan fingerprint density at radius 1 is 1.04 bits per heavy atom. The van der Waals surface area contributed by atoms with E-state index in [0.29, 0.717) is 6.42 Å². The molecule has 1 aromatic rings. The molecule has 0 unspecified atom stereocenters. The van der Waals surface area contributed by atoms with Crippen LogP contribution >= 0.6 is 0 Å². The van der Waals surface area contributed by atoms with Gasteiger partial charge in [0.2, 0.25) is 5.91 Å². The molecule has 2 saturated heterocycles. The number of benzene rings is 1. The lowest BCUT2D eigenvalue weighted by molar-refractivity contribution is -0.121. The second kappa shape index (κ2) is 10.7. The molecule has 0 bridgehead atoms. The average Bonchev–Trinajstić information content (AvgIpc) is 2.69. The third-order valence-electron chi connectivity index (χ3n) is 5.70. The predicted molar refractivity (Wildman–Crippen MR) is 106 cm³/mol. The van der Waals surface area contributed by atoms with Crippen LogP contribution in [0.4, 0.5) is 0 Å². The number of nitrogens with one attached hydrogen (secondary N) is 2. The van der Waals surface area contributed by atoms with Crippen LogP contribution in [0.15, 0.2) is 30.3 Å². The van der Waals surface area contributed by atoms with Crippen LogP contribution < -0.4 is 10.6 Å². The fourth-order valence-electron chi connectivity index (χ4n) is 3.96. The molecular formula is C21H34N4O. The highest BCUT2D eigenvalue weighted by atomic mass is 16.1. The molecule has 0 spiro atoms. The van der Waals surface area contributed by atoms with Gasteiger partial charge in [-0.1, -0.05) is 30.3 Å². The van der Waals surface area contributed by atoms with E-state index in [2.05, 4.69) is 50.8 Å². The van der Waals surface area contributed by atoms with Gasteiger partial charge in [-0.25, -0.2) is 0 Å². The molecule has 2 heterocycles. The van der Waals surface area contributed by atoms with Gasteiger partial charge in [-0.2, -0.15) is 0 Å². The zero-order valence-electron chi connectivity index (χ0n) is 16.0. The van der Waals surface area contributed by atoms with Gasteiger partial charge in [0, 0.05) is 52.2 Å². The number of carbonyl (C=O) groups is 1. The van der Waals surface area contributed by atoms with E-state index in [-0.39, 0.29) is 5.91 Å². The first-order valence-electron chi connectivity index (χ1n) is 10.3. The summed E-state index contributed by atoms with van der Waals surface area (Å²) >= 11 is 0. The van der Waals surface area contributed by atoms with E-state index in [1.165, 1.54) is 18.4 Å². The molecule has 1 aromatic carbocycles. The van der Waals surface area contributed by atoms with E-state index >= 15 is 0 Å². The lowest BCUT2D eigenvalue weighted by atomic mass is 9.93. The third kappa shape index (κ3) is 6.71. The Balaban J connectivity index is 1.24. The van der Waals surface area contributed by atoms with Gasteiger partial charge >= 0.3 is 0 Å². The van der Waals surface area contributed by atoms with E-state index in [4.69, 9.17) is 0 Å². The van der Waals surface area contributed by atoms with Crippen LogP contribution in [0.1, 0.15) is 31.2 Å². The number of nitrogens with zero attached hydrogens (tertiary/aromatic N) is 2. The van der Waals surface area contributed by atoms with Crippen LogP contribution in [0.2, 0.25) is 0 Å². The summed E-state index contributed by atoms with van der Waals surface area (Å²) in [5.74, 6) is 0.964. The summed E-state index contributed by atoms with van der Waals surface area (Å²) in [5, 5.41) is 6.49. The minimum atomic E-state index is 0.228. The smallest absolute Gasteiger partial charge is 0.220 e. The monoisotopic (exact) mass is 358 g/mol. The maximum Gasteiger partial charge on any atom is 0.220 e. The molecule has 2 aliphatic rings. The summed E-state index contributed by atoms with van der Waals surface area (Å²) in [7, 11) is 0. The molecule has 0 aliphatic carbocycles. The molecule has 3 rings (SSSR count). The first-order valence-corrected chi connectivity index (χ1v) is 10.3. The van der Waals surface area contributed by atoms with Crippen molar-refractivity contribution in [1.29, 1.82) is 0 Å². The van der Waals surface area contributed by atoms with E-state index in [1.807, 2.05) is 0 Å². The minimum absolute atomic E-state index is 0.228. The van der Waals surface area contributed by atoms with Gasteiger partial charge in [0.15, 0.2) is 0 Å². The molecular weight excluding hydrogens is 324 g/mol. The fourth-order valence-corrected chi connectivity index (χ4v) is 3.96. The summed E-state index contributed by atoms with van der Waals surface area (Å²) < 4.78 is 0. The van der Waals surface area contributed by atoms with Gasteiger partial charge < -0.3 is 10.6 Å². The van der Waals surface area contributed by atoms with Crippen molar-refractivity contribution in [3.8, 4) is 0 Å². The third-order valence-corrected chi connectivity index (χ3v) is 5.70. The largest absolute Gasteiger partial charge is 0.355 e. The van der Waals surface area contributed by atoms with E-state index in [0.717, 1.165) is 71.2 Å². The van der Waals surface area contributed by atoms with Crippen LogP contribution in [-0.2, 0) is 11.3 Å². The van der Waals surface area contributed by atoms with Crippen LogP contribution in [0.5, 0.6) is 0 Å². The molecule has 2 N–H and O–H groups in total. The highest BCUT2D eigenvalue weighted by Gasteiger charge is 2.17. The van der Waals surface area contributed by atoms with Crippen molar-refractivity contribution in [3.05, 3.63) is 35.9 Å². The number of hydrogen-bond acceptors (Lipinski definition) is 4. The van der Waals surface area contributed by atoms with Crippen molar-refractivity contribution < 1.29 is 4.79 Å². The topological polar surface area (TPSA) is 47.6 Å². The zero-order valence-corrected chi connectivity index (χ0v) is 16.0. The lowest BCUT2D eigenvalue weighted by Crippen LogP contribution is -2.48. The molecule has 1 amide bonds. The van der Waals surface area contributed by atoms with Gasteiger partial charge in [0.25, 0.3) is 0 Å². The van der Waals surface area contributed by atoms with Gasteiger partial charge in [-0.15, -0.1) is 0 Å². The number of amides is 1. The van der Waals surface area contributed by atoms with Crippen molar-refractivity contribution in [3.63, 3.8) is 0 Å². The van der Waals surface area contributed by atoms with Gasteiger partial charge in [0.05, 0.1) is 0 Å². The van der Waals surface area contributed by atoms with Gasteiger partial charge in [0.1, 0.15) is 0 Å². The number of carbonyl (C=O) groups excluding carboxylic acids is 1. The normalized spacial score (nSPS) is 20.2. The molecule has 144 valence electrons. The fraction of sp³-hybridized carbons (Fsp3) is 0.667. The first-order chi connectivity index (χ1) is 12.8. The number of piperidine rings is 1. The second-order valence-electron chi connectivity index (χ2n) is 7.69. The van der Waals surface area contributed by atoms with Gasteiger partial charge in [-0.3, -0.25) is 14.6 Å². The summed E-state index contributed by atoms with van der Waals surface area (Å²) in [6, 6.07) is 10.7. The van der Waals surface area contributed by atoms with Crippen LogP contribution in [0, 0.1) is 5.92 Å². The molecule has 0 saturated carbocycles. The zero-order chi connectivity index (χ0) is 18.0. The Labute approximate surface area is 158 Å². The molecule has 5 heteroatoms. The average molecular weight is 359 g/mol. The molecule has 0 atom stereocenters. The van der Waals surface area contributed by atoms with Crippen LogP contribution in [0.25, 0.3) is 0 Å². The molecule has 0 aromatic heterocycles. The lowest BCUT2D eigenvalue weighted by Gasteiger charge is -2.34. The van der Waals surface area contributed by atoms with E-state index in [1.54, 1.807) is 0 Å². The van der Waals surface area contributed by atoms with Crippen molar-refractivity contribution >= 4 is 5.91 Å². The maximum absolute atomic E-state index is 12.0. The van der Waals surface area contributed by atoms with E-state index < -0.39 is 0 Å². The Hall–Kier alpha value is -1.43. The van der Waals surface area contributed by atoms with Crippen molar-refractivity contribution in [2.45, 2.75) is 32.2 Å².